The number of nitrogens with two attached hydrogens (primary N) is 1. The fraction of sp³-hybridized carbons (Fsp3) is 0.533. The summed E-state index contributed by atoms with van der Waals surface area (Å²) in [6, 6.07) is 4.07. The van der Waals surface area contributed by atoms with E-state index in [9.17, 15) is 22.0 Å². The van der Waals surface area contributed by atoms with Gasteiger partial charge in [-0.3, -0.25) is 4.79 Å². The molecule has 2 rings (SSSR count). The Balaban J connectivity index is 0.00000338. The van der Waals surface area contributed by atoms with Crippen molar-refractivity contribution in [3.63, 3.8) is 0 Å². The number of hydrogen-bond donors (Lipinski definition) is 2. The van der Waals surface area contributed by atoms with E-state index < -0.39 is 34.9 Å². The van der Waals surface area contributed by atoms with Crippen molar-refractivity contribution in [2.45, 2.75) is 17.7 Å². The second kappa shape index (κ2) is 9.05. The first kappa shape index (κ1) is 22.7. The third-order valence-corrected chi connectivity index (χ3v) is 5.89. The number of halogens is 3. The standard InChI is InChI=1S/C15H21F2N3O4S.ClH/c1-11-2-3-12(14(21)19-10-15(16,17)9-18)8-13(11)25(22,23)20-4-6-24-7-5-20;/h2-3,8H,4-7,9-10,18H2,1H3,(H,19,21);1H. The Bertz CT molecular complexity index is 740. The van der Waals surface area contributed by atoms with Gasteiger partial charge in [0.2, 0.25) is 10.0 Å². The van der Waals surface area contributed by atoms with Crippen molar-refractivity contribution < 1.29 is 26.7 Å². The molecule has 1 amide bonds. The number of carbonyl (C=O) groups excluding carboxylic acids is 1. The van der Waals surface area contributed by atoms with Crippen molar-refractivity contribution in [1.82, 2.24) is 9.62 Å². The second-order valence-electron chi connectivity index (χ2n) is 5.74. The Morgan fingerprint density at radius 3 is 2.54 bits per heavy atom. The van der Waals surface area contributed by atoms with Gasteiger partial charge in [-0.15, -0.1) is 12.4 Å². The van der Waals surface area contributed by atoms with Gasteiger partial charge < -0.3 is 15.8 Å². The molecule has 0 atom stereocenters. The molecule has 0 unspecified atom stereocenters. The number of hydrogen-bond acceptors (Lipinski definition) is 5. The molecule has 0 saturated carbocycles. The highest BCUT2D eigenvalue weighted by atomic mass is 35.5. The molecule has 1 aromatic carbocycles. The SMILES string of the molecule is Cc1ccc(C(=O)NCC(F)(F)CN)cc1S(=O)(=O)N1CCOCC1.Cl. The van der Waals surface area contributed by atoms with Crippen molar-refractivity contribution in [2.75, 3.05) is 39.4 Å². The number of aryl methyl sites for hydroxylation is 1. The summed E-state index contributed by atoms with van der Waals surface area (Å²) in [5, 5.41) is 2.07. The largest absolute Gasteiger partial charge is 0.379 e. The summed E-state index contributed by atoms with van der Waals surface area (Å²) >= 11 is 0. The number of sulfonamides is 1. The van der Waals surface area contributed by atoms with Crippen LogP contribution in [0.5, 0.6) is 0 Å². The average Bonchev–Trinajstić information content (AvgIpc) is 2.60. The second-order valence-corrected chi connectivity index (χ2v) is 7.65. The maximum Gasteiger partial charge on any atom is 0.277 e. The number of rotatable bonds is 6. The number of ether oxygens (including phenoxy) is 1. The molecule has 26 heavy (non-hydrogen) atoms. The summed E-state index contributed by atoms with van der Waals surface area (Å²) in [5.74, 6) is -4.00. The summed E-state index contributed by atoms with van der Waals surface area (Å²) in [5.41, 5.74) is 5.38. The Morgan fingerprint density at radius 2 is 1.96 bits per heavy atom. The van der Waals surface area contributed by atoms with E-state index in [0.717, 1.165) is 0 Å². The minimum Gasteiger partial charge on any atom is -0.379 e. The maximum absolute atomic E-state index is 13.2. The van der Waals surface area contributed by atoms with Gasteiger partial charge in [0, 0.05) is 18.7 Å². The zero-order valence-corrected chi connectivity index (χ0v) is 15.8. The van der Waals surface area contributed by atoms with Crippen LogP contribution in [0.25, 0.3) is 0 Å². The lowest BCUT2D eigenvalue weighted by molar-refractivity contribution is 0.0118. The highest BCUT2D eigenvalue weighted by Gasteiger charge is 2.30. The van der Waals surface area contributed by atoms with E-state index in [1.54, 1.807) is 6.92 Å². The van der Waals surface area contributed by atoms with Gasteiger partial charge in [0.1, 0.15) is 0 Å². The predicted octanol–water partition coefficient (Wildman–Crippen LogP) is 0.762. The first-order valence-corrected chi connectivity index (χ1v) is 9.16. The lowest BCUT2D eigenvalue weighted by atomic mass is 10.1. The minimum atomic E-state index is -3.79. The Hall–Kier alpha value is -1.33. The van der Waals surface area contributed by atoms with Crippen LogP contribution < -0.4 is 11.1 Å². The molecule has 1 fully saturated rings. The van der Waals surface area contributed by atoms with E-state index in [-0.39, 0.29) is 36.0 Å². The van der Waals surface area contributed by atoms with Gasteiger partial charge in [0.15, 0.2) is 0 Å². The van der Waals surface area contributed by atoms with Crippen molar-refractivity contribution >= 4 is 28.3 Å². The third kappa shape index (κ3) is 5.34. The molecule has 1 aliphatic heterocycles. The van der Waals surface area contributed by atoms with Crippen molar-refractivity contribution in [1.29, 1.82) is 0 Å². The normalized spacial score (nSPS) is 16.0. The van der Waals surface area contributed by atoms with Gasteiger partial charge in [-0.05, 0) is 24.6 Å². The number of morpholine rings is 1. The smallest absolute Gasteiger partial charge is 0.277 e. The molecular weight excluding hydrogens is 392 g/mol. The molecule has 1 heterocycles. The lowest BCUT2D eigenvalue weighted by Crippen LogP contribution is -2.42. The van der Waals surface area contributed by atoms with E-state index in [1.807, 2.05) is 0 Å². The number of nitrogens with one attached hydrogen (secondary N) is 1. The Kier molecular flexibility index (Phi) is 7.90. The molecule has 0 spiro atoms. The van der Waals surface area contributed by atoms with Gasteiger partial charge in [-0.25, -0.2) is 17.2 Å². The van der Waals surface area contributed by atoms with Crippen LogP contribution in [-0.2, 0) is 14.8 Å². The van der Waals surface area contributed by atoms with Crippen molar-refractivity contribution in [3.05, 3.63) is 29.3 Å². The first-order valence-electron chi connectivity index (χ1n) is 7.72. The summed E-state index contributed by atoms with van der Waals surface area (Å²) in [6.45, 7) is 0.846. The monoisotopic (exact) mass is 413 g/mol. The molecule has 7 nitrogen and oxygen atoms in total. The van der Waals surface area contributed by atoms with Crippen LogP contribution >= 0.6 is 12.4 Å². The van der Waals surface area contributed by atoms with E-state index in [2.05, 4.69) is 5.32 Å². The zero-order valence-electron chi connectivity index (χ0n) is 14.2. The van der Waals surface area contributed by atoms with E-state index in [4.69, 9.17) is 10.5 Å². The number of nitrogens with zero attached hydrogens (tertiary/aromatic N) is 1. The van der Waals surface area contributed by atoms with E-state index >= 15 is 0 Å². The predicted molar refractivity (Wildman–Crippen MR) is 94.3 cm³/mol. The Labute approximate surface area is 157 Å². The van der Waals surface area contributed by atoms with Crippen LogP contribution in [0.2, 0.25) is 0 Å². The van der Waals surface area contributed by atoms with Gasteiger partial charge >= 0.3 is 0 Å². The molecule has 0 aliphatic carbocycles. The minimum absolute atomic E-state index is 0. The van der Waals surface area contributed by atoms with Gasteiger partial charge in [0.05, 0.1) is 31.2 Å². The molecule has 0 radical (unpaired) electrons. The van der Waals surface area contributed by atoms with E-state index in [1.165, 1.54) is 22.5 Å². The highest BCUT2D eigenvalue weighted by Crippen LogP contribution is 2.22. The molecule has 1 aliphatic rings. The topological polar surface area (TPSA) is 102 Å². The lowest BCUT2D eigenvalue weighted by Gasteiger charge is -2.26. The van der Waals surface area contributed by atoms with Crippen molar-refractivity contribution in [2.24, 2.45) is 5.73 Å². The quantitative estimate of drug-likeness (QED) is 0.717. The summed E-state index contributed by atoms with van der Waals surface area (Å²) in [6.07, 6.45) is 0. The molecule has 0 aromatic heterocycles. The van der Waals surface area contributed by atoms with Crippen LogP contribution in [0.1, 0.15) is 15.9 Å². The molecule has 0 bridgehead atoms. The zero-order chi connectivity index (χ0) is 18.7. The number of alkyl halides is 2. The highest BCUT2D eigenvalue weighted by molar-refractivity contribution is 7.89. The summed E-state index contributed by atoms with van der Waals surface area (Å²) < 4.78 is 58.2. The molecule has 3 N–H and O–H groups in total. The van der Waals surface area contributed by atoms with E-state index in [0.29, 0.717) is 18.8 Å². The van der Waals surface area contributed by atoms with Crippen LogP contribution in [0.4, 0.5) is 8.78 Å². The molecule has 11 heteroatoms. The van der Waals surface area contributed by atoms with Gasteiger partial charge in [-0.2, -0.15) is 4.31 Å². The van der Waals surface area contributed by atoms with Gasteiger partial charge in [-0.1, -0.05) is 6.07 Å². The Morgan fingerprint density at radius 1 is 1.35 bits per heavy atom. The number of benzene rings is 1. The molecule has 1 saturated heterocycles. The molecule has 1 aromatic rings. The van der Waals surface area contributed by atoms with Crippen LogP contribution in [0.15, 0.2) is 23.1 Å². The van der Waals surface area contributed by atoms with Crippen LogP contribution in [0, 0.1) is 6.92 Å². The maximum atomic E-state index is 13.2. The molecular formula is C15H22ClF2N3O4S. The fourth-order valence-corrected chi connectivity index (χ4v) is 3.99. The van der Waals surface area contributed by atoms with Crippen LogP contribution in [-0.4, -0.2) is 63.9 Å². The summed E-state index contributed by atoms with van der Waals surface area (Å²) in [4.78, 5) is 12.0. The van der Waals surface area contributed by atoms with Crippen molar-refractivity contribution in [3.8, 4) is 0 Å². The number of amides is 1. The van der Waals surface area contributed by atoms with Crippen LogP contribution in [0.3, 0.4) is 0 Å². The third-order valence-electron chi connectivity index (χ3n) is 3.84. The fourth-order valence-electron chi connectivity index (χ4n) is 2.33. The average molecular weight is 414 g/mol. The summed E-state index contributed by atoms with van der Waals surface area (Å²) in [7, 11) is -3.79. The number of carbonyl (C=O) groups is 1. The first-order chi connectivity index (χ1) is 11.7. The van der Waals surface area contributed by atoms with Gasteiger partial charge in [0.25, 0.3) is 11.8 Å². The molecule has 148 valence electrons.